The number of halogens is 2. The van der Waals surface area contributed by atoms with Crippen LogP contribution in [0.25, 0.3) is 10.9 Å². The second kappa shape index (κ2) is 10.3. The van der Waals surface area contributed by atoms with Crippen LogP contribution in [0.15, 0.2) is 48.7 Å². The first-order chi connectivity index (χ1) is 14.0. The summed E-state index contributed by atoms with van der Waals surface area (Å²) in [5, 5.41) is 6.30. The average Bonchev–Trinajstić information content (AvgIpc) is 2.73. The molecular formula is C24H29Cl2N3. The lowest BCUT2D eigenvalue weighted by Crippen LogP contribution is -2.27. The Morgan fingerprint density at radius 1 is 1.00 bits per heavy atom. The van der Waals surface area contributed by atoms with E-state index in [-0.39, 0.29) is 0 Å². The molecule has 0 unspecified atom stereocenters. The van der Waals surface area contributed by atoms with E-state index in [9.17, 15) is 0 Å². The van der Waals surface area contributed by atoms with Gasteiger partial charge in [0, 0.05) is 39.8 Å². The summed E-state index contributed by atoms with van der Waals surface area (Å²) in [7, 11) is 0. The van der Waals surface area contributed by atoms with Crippen LogP contribution in [-0.2, 0) is 0 Å². The molecule has 0 fully saturated rings. The van der Waals surface area contributed by atoms with Crippen molar-refractivity contribution >= 4 is 39.8 Å². The highest BCUT2D eigenvalue weighted by Crippen LogP contribution is 2.29. The van der Waals surface area contributed by atoms with E-state index in [2.05, 4.69) is 48.1 Å². The van der Waals surface area contributed by atoms with E-state index in [0.717, 1.165) is 59.8 Å². The lowest BCUT2D eigenvalue weighted by Gasteiger charge is -2.24. The van der Waals surface area contributed by atoms with Gasteiger partial charge in [0.15, 0.2) is 0 Å². The molecule has 0 amide bonds. The Hall–Kier alpha value is -1.81. The van der Waals surface area contributed by atoms with Gasteiger partial charge in [-0.25, -0.2) is 0 Å². The summed E-state index contributed by atoms with van der Waals surface area (Å²) in [4.78, 5) is 7.00. The van der Waals surface area contributed by atoms with Gasteiger partial charge in [-0.15, -0.1) is 0 Å². The first-order valence-electron chi connectivity index (χ1n) is 10.3. The standard InChI is InChI=1S/C24H29Cl2N3/c1-4-29(5-2)13-12-19(18-6-8-20(25)9-7-18)16-28-24-17(3)15-27-23-14-21(26)10-11-22(23)24/h6-11,14-15,19H,4-5,12-13,16H2,1-3H3,(H,27,28)/t19-/m1/s1. The number of benzene rings is 2. The third-order valence-electron chi connectivity index (χ3n) is 5.58. The van der Waals surface area contributed by atoms with Crippen LogP contribution in [0, 0.1) is 6.92 Å². The molecule has 3 rings (SSSR count). The summed E-state index contributed by atoms with van der Waals surface area (Å²) in [6.07, 6.45) is 3.00. The minimum atomic E-state index is 0.391. The van der Waals surface area contributed by atoms with Crippen molar-refractivity contribution in [2.45, 2.75) is 33.1 Å². The van der Waals surface area contributed by atoms with Crippen LogP contribution in [-0.4, -0.2) is 36.1 Å². The fourth-order valence-corrected chi connectivity index (χ4v) is 4.02. The molecule has 5 heteroatoms. The SMILES string of the molecule is CCN(CC)CC[C@H](CNc1c(C)cnc2cc(Cl)ccc12)c1ccc(Cl)cc1. The first-order valence-corrected chi connectivity index (χ1v) is 11.0. The molecule has 0 aliphatic rings. The molecule has 1 atom stereocenters. The maximum Gasteiger partial charge on any atom is 0.0737 e. The van der Waals surface area contributed by atoms with E-state index < -0.39 is 0 Å². The summed E-state index contributed by atoms with van der Waals surface area (Å²) in [5.41, 5.74) is 4.50. The van der Waals surface area contributed by atoms with Crippen molar-refractivity contribution in [1.29, 1.82) is 0 Å². The van der Waals surface area contributed by atoms with Gasteiger partial charge in [0.2, 0.25) is 0 Å². The normalized spacial score (nSPS) is 12.5. The third-order valence-corrected chi connectivity index (χ3v) is 6.06. The maximum atomic E-state index is 6.15. The predicted octanol–water partition coefficient (Wildman–Crippen LogP) is 6.78. The summed E-state index contributed by atoms with van der Waals surface area (Å²) in [6.45, 7) is 10.6. The van der Waals surface area contributed by atoms with Gasteiger partial charge in [0.25, 0.3) is 0 Å². The Morgan fingerprint density at radius 3 is 2.38 bits per heavy atom. The van der Waals surface area contributed by atoms with Crippen molar-refractivity contribution in [1.82, 2.24) is 9.88 Å². The van der Waals surface area contributed by atoms with Gasteiger partial charge >= 0.3 is 0 Å². The van der Waals surface area contributed by atoms with Crippen LogP contribution < -0.4 is 5.32 Å². The van der Waals surface area contributed by atoms with Crippen LogP contribution in [0.1, 0.15) is 37.3 Å². The highest BCUT2D eigenvalue weighted by atomic mass is 35.5. The predicted molar refractivity (Wildman–Crippen MR) is 127 cm³/mol. The molecule has 2 aromatic carbocycles. The highest BCUT2D eigenvalue weighted by molar-refractivity contribution is 6.31. The van der Waals surface area contributed by atoms with Crippen molar-refractivity contribution in [3.63, 3.8) is 0 Å². The van der Waals surface area contributed by atoms with E-state index >= 15 is 0 Å². The lowest BCUT2D eigenvalue weighted by atomic mass is 9.95. The minimum Gasteiger partial charge on any atom is -0.384 e. The van der Waals surface area contributed by atoms with Gasteiger partial charge in [-0.3, -0.25) is 4.98 Å². The van der Waals surface area contributed by atoms with E-state index in [1.807, 2.05) is 36.5 Å². The molecule has 0 bridgehead atoms. The quantitative estimate of drug-likeness (QED) is 0.406. The summed E-state index contributed by atoms with van der Waals surface area (Å²) in [5.74, 6) is 0.391. The Labute approximate surface area is 184 Å². The van der Waals surface area contributed by atoms with E-state index in [4.69, 9.17) is 23.2 Å². The lowest BCUT2D eigenvalue weighted by molar-refractivity contribution is 0.291. The zero-order valence-electron chi connectivity index (χ0n) is 17.4. The monoisotopic (exact) mass is 429 g/mol. The number of hydrogen-bond donors (Lipinski definition) is 1. The van der Waals surface area contributed by atoms with Crippen LogP contribution in [0.2, 0.25) is 10.0 Å². The van der Waals surface area contributed by atoms with Gasteiger partial charge in [0.05, 0.1) is 5.52 Å². The molecule has 1 N–H and O–H groups in total. The molecule has 0 saturated heterocycles. The largest absolute Gasteiger partial charge is 0.384 e. The molecule has 154 valence electrons. The van der Waals surface area contributed by atoms with Gasteiger partial charge < -0.3 is 10.2 Å². The van der Waals surface area contributed by atoms with E-state index in [1.165, 1.54) is 5.56 Å². The fourth-order valence-electron chi connectivity index (χ4n) is 3.73. The van der Waals surface area contributed by atoms with Crippen molar-refractivity contribution in [2.24, 2.45) is 0 Å². The van der Waals surface area contributed by atoms with Crippen LogP contribution in [0.4, 0.5) is 5.69 Å². The van der Waals surface area contributed by atoms with Gasteiger partial charge in [-0.05, 0) is 74.4 Å². The van der Waals surface area contributed by atoms with Gasteiger partial charge in [-0.2, -0.15) is 0 Å². The van der Waals surface area contributed by atoms with Crippen LogP contribution in [0.3, 0.4) is 0 Å². The van der Waals surface area contributed by atoms with E-state index in [0.29, 0.717) is 10.9 Å². The molecular weight excluding hydrogens is 401 g/mol. The van der Waals surface area contributed by atoms with E-state index in [1.54, 1.807) is 0 Å². The molecule has 0 aliphatic heterocycles. The maximum absolute atomic E-state index is 6.15. The van der Waals surface area contributed by atoms with Crippen molar-refractivity contribution in [2.75, 3.05) is 31.5 Å². The van der Waals surface area contributed by atoms with Gasteiger partial charge in [-0.1, -0.05) is 49.2 Å². The number of aromatic nitrogens is 1. The van der Waals surface area contributed by atoms with Crippen molar-refractivity contribution < 1.29 is 0 Å². The Balaban J connectivity index is 1.83. The Kier molecular flexibility index (Phi) is 7.77. The number of nitrogens with zero attached hydrogens (tertiary/aromatic N) is 2. The summed E-state index contributed by atoms with van der Waals surface area (Å²) < 4.78 is 0. The number of nitrogens with one attached hydrogen (secondary N) is 1. The first kappa shape index (κ1) is 21.9. The van der Waals surface area contributed by atoms with Crippen molar-refractivity contribution in [3.8, 4) is 0 Å². The Bertz CT molecular complexity index is 937. The molecule has 0 spiro atoms. The van der Waals surface area contributed by atoms with Crippen LogP contribution >= 0.6 is 23.2 Å². The van der Waals surface area contributed by atoms with Gasteiger partial charge in [0.1, 0.15) is 0 Å². The summed E-state index contributed by atoms with van der Waals surface area (Å²) in [6, 6.07) is 14.1. The number of aryl methyl sites for hydroxylation is 1. The molecule has 29 heavy (non-hydrogen) atoms. The molecule has 3 aromatic rings. The second-order valence-electron chi connectivity index (χ2n) is 7.42. The fraction of sp³-hybridized carbons (Fsp3) is 0.375. The molecule has 1 heterocycles. The number of hydrogen-bond acceptors (Lipinski definition) is 3. The van der Waals surface area contributed by atoms with Crippen LogP contribution in [0.5, 0.6) is 0 Å². The molecule has 0 aliphatic carbocycles. The minimum absolute atomic E-state index is 0.391. The zero-order valence-corrected chi connectivity index (χ0v) is 18.9. The topological polar surface area (TPSA) is 28.2 Å². The molecule has 1 aromatic heterocycles. The number of rotatable bonds is 9. The smallest absolute Gasteiger partial charge is 0.0737 e. The number of fused-ring (bicyclic) bond motifs is 1. The second-order valence-corrected chi connectivity index (χ2v) is 8.30. The zero-order chi connectivity index (χ0) is 20.8. The summed E-state index contributed by atoms with van der Waals surface area (Å²) >= 11 is 12.3. The highest BCUT2D eigenvalue weighted by Gasteiger charge is 2.15. The number of pyridine rings is 1. The Morgan fingerprint density at radius 2 is 1.69 bits per heavy atom. The average molecular weight is 430 g/mol. The number of anilines is 1. The molecule has 0 radical (unpaired) electrons. The van der Waals surface area contributed by atoms with Crippen molar-refractivity contribution in [3.05, 3.63) is 69.8 Å². The molecule has 0 saturated carbocycles. The molecule has 3 nitrogen and oxygen atoms in total. The third kappa shape index (κ3) is 5.63.